The molecule has 0 saturated carbocycles. The first-order valence-electron chi connectivity index (χ1n) is 5.94. The van der Waals surface area contributed by atoms with Crippen LogP contribution in [0.5, 0.6) is 0 Å². The van der Waals surface area contributed by atoms with E-state index in [1.807, 2.05) is 0 Å². The summed E-state index contributed by atoms with van der Waals surface area (Å²) in [6, 6.07) is 0. The smallest absolute Gasteiger partial charge is 0.308 e. The van der Waals surface area contributed by atoms with Crippen molar-refractivity contribution in [2.24, 2.45) is 5.92 Å². The van der Waals surface area contributed by atoms with Gasteiger partial charge in [0.1, 0.15) is 0 Å². The predicted molar refractivity (Wildman–Crippen MR) is 59.7 cm³/mol. The standard InChI is InChI=1S/C11H16N2O5/c14-9-5-8(11(16)17)6-13(9)7-10(15)12-1-3-18-4-2-12/h8H,1-7H2,(H,16,17). The number of ether oxygens (including phenoxy) is 1. The summed E-state index contributed by atoms with van der Waals surface area (Å²) in [7, 11) is 0. The Balaban J connectivity index is 1.87. The Kier molecular flexibility index (Phi) is 3.81. The van der Waals surface area contributed by atoms with E-state index in [2.05, 4.69) is 0 Å². The van der Waals surface area contributed by atoms with Gasteiger partial charge in [-0.1, -0.05) is 0 Å². The van der Waals surface area contributed by atoms with Crippen molar-refractivity contribution in [1.29, 1.82) is 0 Å². The van der Waals surface area contributed by atoms with E-state index in [-0.39, 0.29) is 31.3 Å². The number of amides is 2. The second-order valence-electron chi connectivity index (χ2n) is 4.51. The monoisotopic (exact) mass is 256 g/mol. The van der Waals surface area contributed by atoms with E-state index in [1.165, 1.54) is 4.90 Å². The van der Waals surface area contributed by atoms with Gasteiger partial charge in [0, 0.05) is 26.1 Å². The number of carboxylic acids is 1. The van der Waals surface area contributed by atoms with Gasteiger partial charge in [0.05, 0.1) is 25.7 Å². The summed E-state index contributed by atoms with van der Waals surface area (Å²) in [5.41, 5.74) is 0. The molecule has 2 aliphatic rings. The lowest BCUT2D eigenvalue weighted by Gasteiger charge is -2.28. The lowest BCUT2D eigenvalue weighted by Crippen LogP contribution is -2.46. The lowest BCUT2D eigenvalue weighted by molar-refractivity contribution is -0.142. The fraction of sp³-hybridized carbons (Fsp3) is 0.727. The first-order chi connectivity index (χ1) is 8.58. The van der Waals surface area contributed by atoms with E-state index in [4.69, 9.17) is 9.84 Å². The van der Waals surface area contributed by atoms with E-state index in [0.29, 0.717) is 26.3 Å². The van der Waals surface area contributed by atoms with Gasteiger partial charge in [0.15, 0.2) is 0 Å². The van der Waals surface area contributed by atoms with Crippen LogP contribution in [-0.4, -0.2) is 72.1 Å². The minimum absolute atomic E-state index is 0.00821. The second-order valence-corrected chi connectivity index (χ2v) is 4.51. The van der Waals surface area contributed by atoms with Crippen molar-refractivity contribution in [1.82, 2.24) is 9.80 Å². The normalized spacial score (nSPS) is 24.4. The molecule has 1 unspecified atom stereocenters. The number of nitrogens with zero attached hydrogens (tertiary/aromatic N) is 2. The summed E-state index contributed by atoms with van der Waals surface area (Å²) in [5, 5.41) is 8.84. The number of rotatable bonds is 3. The fourth-order valence-corrected chi connectivity index (χ4v) is 2.17. The lowest BCUT2D eigenvalue weighted by atomic mass is 10.1. The molecule has 0 bridgehead atoms. The molecule has 2 amide bonds. The predicted octanol–water partition coefficient (Wildman–Crippen LogP) is -1.22. The largest absolute Gasteiger partial charge is 0.481 e. The highest BCUT2D eigenvalue weighted by atomic mass is 16.5. The third kappa shape index (κ3) is 2.79. The molecule has 0 spiro atoms. The summed E-state index contributed by atoms with van der Waals surface area (Å²) < 4.78 is 5.14. The Morgan fingerprint density at radius 3 is 2.56 bits per heavy atom. The molecule has 7 heteroatoms. The van der Waals surface area contributed by atoms with Crippen LogP contribution in [0.15, 0.2) is 0 Å². The zero-order chi connectivity index (χ0) is 13.1. The Hall–Kier alpha value is -1.63. The van der Waals surface area contributed by atoms with Crippen molar-refractivity contribution < 1.29 is 24.2 Å². The number of hydrogen-bond acceptors (Lipinski definition) is 4. The van der Waals surface area contributed by atoms with Crippen molar-refractivity contribution in [2.75, 3.05) is 39.4 Å². The molecule has 0 aromatic rings. The van der Waals surface area contributed by atoms with Crippen LogP contribution in [0.3, 0.4) is 0 Å². The number of carbonyl (C=O) groups excluding carboxylic acids is 2. The van der Waals surface area contributed by atoms with Crippen LogP contribution in [0.1, 0.15) is 6.42 Å². The number of hydrogen-bond donors (Lipinski definition) is 1. The quantitative estimate of drug-likeness (QED) is 0.683. The molecule has 2 saturated heterocycles. The molecule has 0 aliphatic carbocycles. The minimum atomic E-state index is -0.982. The van der Waals surface area contributed by atoms with Gasteiger partial charge >= 0.3 is 5.97 Å². The highest BCUT2D eigenvalue weighted by Gasteiger charge is 2.35. The molecule has 2 rings (SSSR count). The minimum Gasteiger partial charge on any atom is -0.481 e. The average Bonchev–Trinajstić information content (AvgIpc) is 2.72. The van der Waals surface area contributed by atoms with Crippen LogP contribution in [0, 0.1) is 5.92 Å². The molecule has 0 aromatic carbocycles. The van der Waals surface area contributed by atoms with Crippen molar-refractivity contribution in [3.8, 4) is 0 Å². The molecule has 18 heavy (non-hydrogen) atoms. The van der Waals surface area contributed by atoms with E-state index in [0.717, 1.165) is 0 Å². The summed E-state index contributed by atoms with van der Waals surface area (Å²) in [6.45, 7) is 2.19. The maximum atomic E-state index is 11.9. The summed E-state index contributed by atoms with van der Waals surface area (Å²) in [5.74, 6) is -2.07. The highest BCUT2D eigenvalue weighted by Crippen LogP contribution is 2.17. The Bertz CT molecular complexity index is 364. The first kappa shape index (κ1) is 12.8. The van der Waals surface area contributed by atoms with Gasteiger partial charge in [-0.25, -0.2) is 0 Å². The van der Waals surface area contributed by atoms with Gasteiger partial charge in [0.2, 0.25) is 11.8 Å². The van der Waals surface area contributed by atoms with E-state index in [9.17, 15) is 14.4 Å². The van der Waals surface area contributed by atoms with E-state index >= 15 is 0 Å². The molecule has 0 radical (unpaired) electrons. The molecule has 1 N–H and O–H groups in total. The number of aliphatic carboxylic acids is 1. The zero-order valence-corrected chi connectivity index (χ0v) is 10.0. The van der Waals surface area contributed by atoms with E-state index < -0.39 is 11.9 Å². The Morgan fingerprint density at radius 2 is 2.00 bits per heavy atom. The molecule has 0 aromatic heterocycles. The van der Waals surface area contributed by atoms with Crippen LogP contribution in [0.2, 0.25) is 0 Å². The SMILES string of the molecule is O=C(O)C1CC(=O)N(CC(=O)N2CCOCC2)C1. The topological polar surface area (TPSA) is 87.2 Å². The van der Waals surface area contributed by atoms with Gasteiger partial charge in [-0.2, -0.15) is 0 Å². The summed E-state index contributed by atoms with van der Waals surface area (Å²) >= 11 is 0. The van der Waals surface area contributed by atoms with Gasteiger partial charge in [0.25, 0.3) is 0 Å². The molecule has 100 valence electrons. The molecule has 2 fully saturated rings. The maximum absolute atomic E-state index is 11.9. The maximum Gasteiger partial charge on any atom is 0.308 e. The van der Waals surface area contributed by atoms with Crippen LogP contribution < -0.4 is 0 Å². The molecule has 2 aliphatic heterocycles. The number of carboxylic acid groups (broad SMARTS) is 1. The van der Waals surface area contributed by atoms with E-state index in [1.54, 1.807) is 4.90 Å². The molecular weight excluding hydrogens is 240 g/mol. The highest BCUT2D eigenvalue weighted by molar-refractivity contribution is 5.89. The third-order valence-corrected chi connectivity index (χ3v) is 3.25. The number of likely N-dealkylation sites (tertiary alicyclic amines) is 1. The van der Waals surface area contributed by atoms with Crippen LogP contribution in [0.25, 0.3) is 0 Å². The van der Waals surface area contributed by atoms with Crippen molar-refractivity contribution in [3.63, 3.8) is 0 Å². The van der Waals surface area contributed by atoms with Crippen LogP contribution in [-0.2, 0) is 19.1 Å². The fourth-order valence-electron chi connectivity index (χ4n) is 2.17. The Labute approximate surface area is 104 Å². The van der Waals surface area contributed by atoms with Gasteiger partial charge in [-0.05, 0) is 0 Å². The zero-order valence-electron chi connectivity index (χ0n) is 10.0. The number of carbonyl (C=O) groups is 3. The van der Waals surface area contributed by atoms with Gasteiger partial charge in [-0.15, -0.1) is 0 Å². The molecule has 2 heterocycles. The van der Waals surface area contributed by atoms with Crippen molar-refractivity contribution in [3.05, 3.63) is 0 Å². The summed E-state index contributed by atoms with van der Waals surface area (Å²) in [4.78, 5) is 37.2. The second kappa shape index (κ2) is 5.34. The van der Waals surface area contributed by atoms with Gasteiger partial charge < -0.3 is 19.6 Å². The molecule has 7 nitrogen and oxygen atoms in total. The third-order valence-electron chi connectivity index (χ3n) is 3.25. The van der Waals surface area contributed by atoms with Gasteiger partial charge in [-0.3, -0.25) is 14.4 Å². The van der Waals surface area contributed by atoms with Crippen LogP contribution >= 0.6 is 0 Å². The number of morpholine rings is 1. The molecule has 1 atom stereocenters. The Morgan fingerprint density at radius 1 is 1.33 bits per heavy atom. The summed E-state index contributed by atoms with van der Waals surface area (Å²) in [6.07, 6.45) is -0.00821. The van der Waals surface area contributed by atoms with Crippen molar-refractivity contribution in [2.45, 2.75) is 6.42 Å². The first-order valence-corrected chi connectivity index (χ1v) is 5.94. The molecular formula is C11H16N2O5. The van der Waals surface area contributed by atoms with Crippen LogP contribution in [0.4, 0.5) is 0 Å². The average molecular weight is 256 g/mol. The van der Waals surface area contributed by atoms with Crippen molar-refractivity contribution >= 4 is 17.8 Å².